The van der Waals surface area contributed by atoms with Crippen LogP contribution >= 0.6 is 0 Å². The van der Waals surface area contributed by atoms with Gasteiger partial charge in [-0.1, -0.05) is 66.7 Å². The van der Waals surface area contributed by atoms with Gasteiger partial charge in [0, 0.05) is 11.1 Å². The molecule has 0 saturated heterocycles. The molecule has 1 heterocycles. The van der Waals surface area contributed by atoms with E-state index in [4.69, 9.17) is 15.2 Å². The Morgan fingerprint density at radius 2 is 1.23 bits per heavy atom. The summed E-state index contributed by atoms with van der Waals surface area (Å²) in [6, 6.07) is 25.4. The maximum Gasteiger partial charge on any atom is 0.305 e. The second-order valence-corrected chi connectivity index (χ2v) is 5.23. The van der Waals surface area contributed by atoms with Crippen LogP contribution in [0, 0.1) is 0 Å². The van der Waals surface area contributed by atoms with Gasteiger partial charge in [0.15, 0.2) is 11.5 Å². The lowest BCUT2D eigenvalue weighted by Gasteiger charge is -2.28. The predicted molar refractivity (Wildman–Crippen MR) is 85.8 cm³/mol. The number of rotatable bonds is 2. The van der Waals surface area contributed by atoms with Crippen molar-refractivity contribution in [3.8, 4) is 11.5 Å². The molecule has 108 valence electrons. The SMILES string of the molecule is Nc1cccc2c1OC(c1ccccc1)(c1ccccc1)O2. The van der Waals surface area contributed by atoms with E-state index in [1.54, 1.807) is 0 Å². The topological polar surface area (TPSA) is 44.5 Å². The van der Waals surface area contributed by atoms with Crippen LogP contribution in [-0.4, -0.2) is 0 Å². The third-order valence-electron chi connectivity index (χ3n) is 3.82. The highest BCUT2D eigenvalue weighted by molar-refractivity contribution is 5.63. The van der Waals surface area contributed by atoms with Crippen LogP contribution in [0.4, 0.5) is 5.69 Å². The Hall–Kier alpha value is -2.94. The van der Waals surface area contributed by atoms with Crippen molar-refractivity contribution < 1.29 is 9.47 Å². The molecule has 3 nitrogen and oxygen atoms in total. The van der Waals surface area contributed by atoms with Crippen LogP contribution in [0.2, 0.25) is 0 Å². The molecule has 0 atom stereocenters. The molecule has 0 bridgehead atoms. The predicted octanol–water partition coefficient (Wildman–Crippen LogP) is 3.94. The molecule has 0 amide bonds. The lowest BCUT2D eigenvalue weighted by atomic mass is 9.97. The number of nitrogens with two attached hydrogens (primary N) is 1. The van der Waals surface area contributed by atoms with Gasteiger partial charge in [0.2, 0.25) is 0 Å². The van der Waals surface area contributed by atoms with Gasteiger partial charge in [-0.2, -0.15) is 0 Å². The van der Waals surface area contributed by atoms with Crippen molar-refractivity contribution in [2.24, 2.45) is 0 Å². The van der Waals surface area contributed by atoms with E-state index >= 15 is 0 Å². The lowest BCUT2D eigenvalue weighted by molar-refractivity contribution is -0.0456. The Morgan fingerprint density at radius 1 is 0.636 bits per heavy atom. The lowest BCUT2D eigenvalue weighted by Crippen LogP contribution is -2.36. The number of hydrogen-bond acceptors (Lipinski definition) is 3. The van der Waals surface area contributed by atoms with Crippen molar-refractivity contribution in [1.82, 2.24) is 0 Å². The Balaban J connectivity index is 1.92. The first-order chi connectivity index (χ1) is 10.8. The fourth-order valence-electron chi connectivity index (χ4n) is 2.76. The molecular formula is C19H15NO2. The third kappa shape index (κ3) is 1.83. The summed E-state index contributed by atoms with van der Waals surface area (Å²) in [6.45, 7) is 0. The van der Waals surface area contributed by atoms with E-state index in [9.17, 15) is 0 Å². The van der Waals surface area contributed by atoms with E-state index in [0.717, 1.165) is 11.1 Å². The number of ether oxygens (including phenoxy) is 2. The molecule has 4 rings (SSSR count). The highest BCUT2D eigenvalue weighted by Crippen LogP contribution is 2.49. The van der Waals surface area contributed by atoms with Crippen molar-refractivity contribution in [3.05, 3.63) is 90.0 Å². The molecule has 0 aliphatic carbocycles. The maximum atomic E-state index is 6.25. The van der Waals surface area contributed by atoms with Gasteiger partial charge in [-0.05, 0) is 12.1 Å². The Morgan fingerprint density at radius 3 is 1.77 bits per heavy atom. The van der Waals surface area contributed by atoms with Crippen molar-refractivity contribution in [2.75, 3.05) is 5.73 Å². The molecule has 0 spiro atoms. The largest absolute Gasteiger partial charge is 0.440 e. The Bertz CT molecular complexity index is 761. The summed E-state index contributed by atoms with van der Waals surface area (Å²) in [6.07, 6.45) is 0. The van der Waals surface area contributed by atoms with E-state index in [1.165, 1.54) is 0 Å². The molecule has 2 N–H and O–H groups in total. The summed E-state index contributed by atoms with van der Waals surface area (Å²) in [5.41, 5.74) is 8.47. The van der Waals surface area contributed by atoms with Crippen molar-refractivity contribution >= 4 is 5.69 Å². The van der Waals surface area contributed by atoms with E-state index in [1.807, 2.05) is 78.9 Å². The van der Waals surface area contributed by atoms with Gasteiger partial charge in [-0.25, -0.2) is 0 Å². The minimum Gasteiger partial charge on any atom is -0.440 e. The fraction of sp³-hybridized carbons (Fsp3) is 0.0526. The van der Waals surface area contributed by atoms with Gasteiger partial charge in [0.25, 0.3) is 0 Å². The normalized spacial score (nSPS) is 14.7. The van der Waals surface area contributed by atoms with Gasteiger partial charge in [-0.15, -0.1) is 0 Å². The van der Waals surface area contributed by atoms with Gasteiger partial charge in [-0.3, -0.25) is 0 Å². The van der Waals surface area contributed by atoms with Crippen LogP contribution in [0.15, 0.2) is 78.9 Å². The summed E-state index contributed by atoms with van der Waals surface area (Å²) in [5, 5.41) is 0. The quantitative estimate of drug-likeness (QED) is 0.727. The molecule has 0 unspecified atom stereocenters. The average Bonchev–Trinajstić information content (AvgIpc) is 2.99. The number of anilines is 1. The minimum absolute atomic E-state index is 0.575. The summed E-state index contributed by atoms with van der Waals surface area (Å²) < 4.78 is 12.5. The molecule has 3 heteroatoms. The van der Waals surface area contributed by atoms with E-state index < -0.39 is 5.79 Å². The van der Waals surface area contributed by atoms with Crippen LogP contribution < -0.4 is 15.2 Å². The first kappa shape index (κ1) is 12.8. The highest BCUT2D eigenvalue weighted by atomic mass is 16.7. The summed E-state index contributed by atoms with van der Waals surface area (Å²) in [5.74, 6) is 0.253. The second-order valence-electron chi connectivity index (χ2n) is 5.23. The highest BCUT2D eigenvalue weighted by Gasteiger charge is 2.45. The number of benzene rings is 3. The van der Waals surface area contributed by atoms with Gasteiger partial charge in [0.05, 0.1) is 5.69 Å². The van der Waals surface area contributed by atoms with Crippen LogP contribution in [0.3, 0.4) is 0 Å². The van der Waals surface area contributed by atoms with Crippen LogP contribution in [0.25, 0.3) is 0 Å². The average molecular weight is 289 g/mol. The Labute approximate surface area is 128 Å². The molecule has 3 aromatic rings. The van der Waals surface area contributed by atoms with Gasteiger partial charge >= 0.3 is 5.79 Å². The van der Waals surface area contributed by atoms with Crippen LogP contribution in [-0.2, 0) is 5.79 Å². The monoisotopic (exact) mass is 289 g/mol. The molecule has 1 aliphatic rings. The zero-order valence-electron chi connectivity index (χ0n) is 11.9. The smallest absolute Gasteiger partial charge is 0.305 e. The zero-order chi connectivity index (χ0) is 15.0. The van der Waals surface area contributed by atoms with Crippen molar-refractivity contribution in [1.29, 1.82) is 0 Å². The molecule has 0 fully saturated rings. The number of nitrogen functional groups attached to an aromatic ring is 1. The number of para-hydroxylation sites is 1. The molecule has 0 saturated carbocycles. The standard InChI is InChI=1S/C19H15NO2/c20-16-12-7-13-17-18(16)22-19(21-17,14-8-3-1-4-9-14)15-10-5-2-6-11-15/h1-13H,20H2. The third-order valence-corrected chi connectivity index (χ3v) is 3.82. The molecule has 0 radical (unpaired) electrons. The van der Waals surface area contributed by atoms with Gasteiger partial charge < -0.3 is 15.2 Å². The molecule has 3 aromatic carbocycles. The summed E-state index contributed by atoms with van der Waals surface area (Å²) >= 11 is 0. The number of fused-ring (bicyclic) bond motifs is 1. The fourth-order valence-corrected chi connectivity index (χ4v) is 2.76. The van der Waals surface area contributed by atoms with E-state index in [-0.39, 0.29) is 0 Å². The Kier molecular flexibility index (Phi) is 2.79. The first-order valence-electron chi connectivity index (χ1n) is 7.17. The first-order valence-corrected chi connectivity index (χ1v) is 7.17. The molecule has 0 aromatic heterocycles. The van der Waals surface area contributed by atoms with Crippen LogP contribution in [0.1, 0.15) is 11.1 Å². The maximum absolute atomic E-state index is 6.25. The van der Waals surface area contributed by atoms with Crippen molar-refractivity contribution in [2.45, 2.75) is 5.79 Å². The van der Waals surface area contributed by atoms with E-state index in [2.05, 4.69) is 0 Å². The molecule has 22 heavy (non-hydrogen) atoms. The summed E-state index contributed by atoms with van der Waals surface area (Å²) in [7, 11) is 0. The summed E-state index contributed by atoms with van der Waals surface area (Å²) in [4.78, 5) is 0. The minimum atomic E-state index is -1.000. The van der Waals surface area contributed by atoms with Crippen LogP contribution in [0.5, 0.6) is 11.5 Å². The van der Waals surface area contributed by atoms with E-state index in [0.29, 0.717) is 17.2 Å². The van der Waals surface area contributed by atoms with Gasteiger partial charge in [0.1, 0.15) is 0 Å². The molecule has 1 aliphatic heterocycles. The second kappa shape index (κ2) is 4.81. The zero-order valence-corrected chi connectivity index (χ0v) is 11.9. The van der Waals surface area contributed by atoms with Crippen molar-refractivity contribution in [3.63, 3.8) is 0 Å². The molecular weight excluding hydrogens is 274 g/mol. The number of hydrogen-bond donors (Lipinski definition) is 1.